The summed E-state index contributed by atoms with van der Waals surface area (Å²) in [6, 6.07) is 4.53. The van der Waals surface area contributed by atoms with Crippen LogP contribution in [0, 0.1) is 5.82 Å². The van der Waals surface area contributed by atoms with Gasteiger partial charge in [0.15, 0.2) is 11.6 Å². The van der Waals surface area contributed by atoms with Crippen molar-refractivity contribution in [3.8, 4) is 5.75 Å². The third-order valence-electron chi connectivity index (χ3n) is 3.63. The molecule has 0 radical (unpaired) electrons. The number of carbonyl (C=O) groups excluding carboxylic acids is 2. The molecule has 0 aliphatic heterocycles. The van der Waals surface area contributed by atoms with E-state index >= 15 is 0 Å². The van der Waals surface area contributed by atoms with Gasteiger partial charge in [-0.25, -0.2) is 9.37 Å². The first-order chi connectivity index (χ1) is 13.5. The molecule has 0 aliphatic carbocycles. The fourth-order valence-corrected chi connectivity index (χ4v) is 2.32. The second kappa shape index (κ2) is 8.63. The molecule has 6 N–H and O–H groups in total. The Morgan fingerprint density at radius 3 is 2.45 bits per heavy atom. The van der Waals surface area contributed by atoms with Gasteiger partial charge in [-0.2, -0.15) is 0 Å². The molecule has 8 nitrogen and oxygen atoms in total. The van der Waals surface area contributed by atoms with Gasteiger partial charge in [-0.3, -0.25) is 9.59 Å². The van der Waals surface area contributed by atoms with Crippen LogP contribution in [0.4, 0.5) is 34.9 Å². The Labute approximate surface area is 162 Å². The van der Waals surface area contributed by atoms with Gasteiger partial charge in [0.2, 0.25) is 5.91 Å². The van der Waals surface area contributed by atoms with Crippen LogP contribution in [-0.2, 0) is 4.79 Å². The Bertz CT molecular complexity index is 920. The van der Waals surface area contributed by atoms with E-state index in [-0.39, 0.29) is 23.5 Å². The number of pyridine rings is 1. The van der Waals surface area contributed by atoms with Crippen LogP contribution in [0.5, 0.6) is 5.75 Å². The number of rotatable bonds is 8. The SMILES string of the molecule is CC[C@@H](Nc1nc(Nc2cccc(OC(F)(F)F)c2)c(C(N)=O)cc1F)C(N)=O. The minimum absolute atomic E-state index is 0.0567. The van der Waals surface area contributed by atoms with E-state index in [0.29, 0.717) is 0 Å². The van der Waals surface area contributed by atoms with Crippen molar-refractivity contribution in [1.29, 1.82) is 0 Å². The quantitative estimate of drug-likeness (QED) is 0.490. The summed E-state index contributed by atoms with van der Waals surface area (Å²) in [5.74, 6) is -3.92. The molecule has 12 heteroatoms. The average molecular weight is 415 g/mol. The zero-order valence-electron chi connectivity index (χ0n) is 15.0. The van der Waals surface area contributed by atoms with Crippen molar-refractivity contribution in [3.05, 3.63) is 41.7 Å². The van der Waals surface area contributed by atoms with Gasteiger partial charge in [0, 0.05) is 11.8 Å². The Balaban J connectivity index is 2.40. The Kier molecular flexibility index (Phi) is 6.46. The maximum atomic E-state index is 14.3. The average Bonchev–Trinajstić information content (AvgIpc) is 2.60. The summed E-state index contributed by atoms with van der Waals surface area (Å²) in [7, 11) is 0. The molecule has 1 atom stereocenters. The first-order valence-corrected chi connectivity index (χ1v) is 8.19. The van der Waals surface area contributed by atoms with E-state index in [1.807, 2.05) is 0 Å². The van der Waals surface area contributed by atoms with E-state index in [2.05, 4.69) is 20.4 Å². The molecule has 29 heavy (non-hydrogen) atoms. The van der Waals surface area contributed by atoms with Crippen molar-refractivity contribution in [2.75, 3.05) is 10.6 Å². The summed E-state index contributed by atoms with van der Waals surface area (Å²) >= 11 is 0. The number of nitrogens with one attached hydrogen (secondary N) is 2. The zero-order valence-corrected chi connectivity index (χ0v) is 15.0. The van der Waals surface area contributed by atoms with Gasteiger partial charge in [-0.15, -0.1) is 13.2 Å². The summed E-state index contributed by atoms with van der Waals surface area (Å²) in [5.41, 5.74) is 10.1. The van der Waals surface area contributed by atoms with Gasteiger partial charge >= 0.3 is 6.36 Å². The van der Waals surface area contributed by atoms with Gasteiger partial charge in [0.05, 0.1) is 5.56 Å². The number of hydrogen-bond acceptors (Lipinski definition) is 6. The molecular formula is C17H17F4N5O3. The third-order valence-corrected chi connectivity index (χ3v) is 3.63. The van der Waals surface area contributed by atoms with E-state index in [9.17, 15) is 27.2 Å². The number of anilines is 3. The zero-order chi connectivity index (χ0) is 21.8. The van der Waals surface area contributed by atoms with Gasteiger partial charge < -0.3 is 26.8 Å². The molecular weight excluding hydrogens is 398 g/mol. The molecule has 2 aromatic rings. The highest BCUT2D eigenvalue weighted by Gasteiger charge is 2.31. The van der Waals surface area contributed by atoms with Crippen LogP contribution >= 0.6 is 0 Å². The smallest absolute Gasteiger partial charge is 0.406 e. The number of carbonyl (C=O) groups is 2. The van der Waals surface area contributed by atoms with Gasteiger partial charge in [0.1, 0.15) is 17.6 Å². The second-order valence-electron chi connectivity index (χ2n) is 5.79. The topological polar surface area (TPSA) is 132 Å². The minimum Gasteiger partial charge on any atom is -0.406 e. The first-order valence-electron chi connectivity index (χ1n) is 8.19. The van der Waals surface area contributed by atoms with Gasteiger partial charge in [-0.05, 0) is 24.6 Å². The van der Waals surface area contributed by atoms with Gasteiger partial charge in [0.25, 0.3) is 5.91 Å². The number of hydrogen-bond donors (Lipinski definition) is 4. The maximum absolute atomic E-state index is 14.3. The highest BCUT2D eigenvalue weighted by molar-refractivity contribution is 5.98. The number of ether oxygens (including phenoxy) is 1. The first kappa shape index (κ1) is 21.7. The molecule has 0 saturated carbocycles. The largest absolute Gasteiger partial charge is 0.573 e. The molecule has 0 aliphatic rings. The van der Waals surface area contributed by atoms with Crippen molar-refractivity contribution in [2.45, 2.75) is 25.7 Å². The van der Waals surface area contributed by atoms with Crippen molar-refractivity contribution in [1.82, 2.24) is 4.98 Å². The van der Waals surface area contributed by atoms with Gasteiger partial charge in [-0.1, -0.05) is 13.0 Å². The normalized spacial score (nSPS) is 12.2. The van der Waals surface area contributed by atoms with Crippen LogP contribution in [0.15, 0.2) is 30.3 Å². The van der Waals surface area contributed by atoms with Crippen molar-refractivity contribution >= 4 is 29.1 Å². The molecule has 0 saturated heterocycles. The fraction of sp³-hybridized carbons (Fsp3) is 0.235. The minimum atomic E-state index is -4.90. The number of nitrogens with two attached hydrogens (primary N) is 2. The number of benzene rings is 1. The molecule has 0 bridgehead atoms. The molecule has 1 aromatic carbocycles. The lowest BCUT2D eigenvalue weighted by atomic mass is 10.2. The summed E-state index contributed by atoms with van der Waals surface area (Å²) in [4.78, 5) is 26.9. The maximum Gasteiger partial charge on any atom is 0.573 e. The lowest BCUT2D eigenvalue weighted by molar-refractivity contribution is -0.274. The second-order valence-corrected chi connectivity index (χ2v) is 5.79. The Morgan fingerprint density at radius 1 is 1.21 bits per heavy atom. The molecule has 1 heterocycles. The van der Waals surface area contributed by atoms with Crippen LogP contribution in [0.25, 0.3) is 0 Å². The highest BCUT2D eigenvalue weighted by Crippen LogP contribution is 2.28. The van der Waals surface area contributed by atoms with E-state index in [4.69, 9.17) is 11.5 Å². The lowest BCUT2D eigenvalue weighted by Crippen LogP contribution is -2.35. The fourth-order valence-electron chi connectivity index (χ4n) is 2.32. The molecule has 0 spiro atoms. The van der Waals surface area contributed by atoms with E-state index in [0.717, 1.165) is 18.2 Å². The standard InChI is InChI=1S/C17H17F4N5O3/c1-2-12(14(23)28)25-16-11(18)7-10(13(22)27)15(26-16)24-8-4-3-5-9(6-8)29-17(19,20)21/h3-7,12H,2H2,1H3,(H2,22,27)(H2,23,28)(H2,24,25,26)/t12-/m1/s1. The number of aromatic nitrogens is 1. The lowest BCUT2D eigenvalue weighted by Gasteiger charge is -2.17. The van der Waals surface area contributed by atoms with Crippen LogP contribution in [0.3, 0.4) is 0 Å². The summed E-state index contributed by atoms with van der Waals surface area (Å²) < 4.78 is 55.3. The number of amides is 2. The van der Waals surface area contributed by atoms with Crippen LogP contribution in [0.1, 0.15) is 23.7 Å². The van der Waals surface area contributed by atoms with E-state index in [1.165, 1.54) is 12.1 Å². The predicted octanol–water partition coefficient (Wildman–Crippen LogP) is 2.64. The summed E-state index contributed by atoms with van der Waals surface area (Å²) in [5, 5.41) is 5.09. The van der Waals surface area contributed by atoms with Crippen molar-refractivity contribution in [3.63, 3.8) is 0 Å². The monoisotopic (exact) mass is 415 g/mol. The Hall–Kier alpha value is -3.57. The van der Waals surface area contributed by atoms with Crippen molar-refractivity contribution < 1.29 is 31.9 Å². The van der Waals surface area contributed by atoms with Crippen LogP contribution < -0.4 is 26.8 Å². The van der Waals surface area contributed by atoms with E-state index < -0.39 is 41.6 Å². The molecule has 1 aromatic heterocycles. The van der Waals surface area contributed by atoms with Crippen LogP contribution in [-0.4, -0.2) is 29.2 Å². The number of nitrogens with zero attached hydrogens (tertiary/aromatic N) is 1. The summed E-state index contributed by atoms with van der Waals surface area (Å²) in [6.45, 7) is 1.63. The number of halogens is 4. The molecule has 0 unspecified atom stereocenters. The number of primary amides is 2. The van der Waals surface area contributed by atoms with E-state index in [1.54, 1.807) is 6.92 Å². The Morgan fingerprint density at radius 2 is 1.90 bits per heavy atom. The predicted molar refractivity (Wildman–Crippen MR) is 96.0 cm³/mol. The third kappa shape index (κ3) is 5.96. The molecule has 156 valence electrons. The highest BCUT2D eigenvalue weighted by atomic mass is 19.4. The number of alkyl halides is 3. The van der Waals surface area contributed by atoms with Crippen LogP contribution in [0.2, 0.25) is 0 Å². The molecule has 2 rings (SSSR count). The molecule has 2 amide bonds. The molecule has 0 fully saturated rings. The summed E-state index contributed by atoms with van der Waals surface area (Å²) in [6.07, 6.45) is -4.67. The van der Waals surface area contributed by atoms with Crippen molar-refractivity contribution in [2.24, 2.45) is 11.5 Å².